The van der Waals surface area contributed by atoms with E-state index >= 15 is 0 Å². The third-order valence-electron chi connectivity index (χ3n) is 3.46. The molecule has 0 aromatic rings. The first kappa shape index (κ1) is 15.8. The second-order valence-corrected chi connectivity index (χ2v) is 6.04. The second kappa shape index (κ2) is 8.02. The zero-order chi connectivity index (χ0) is 13.4. The molecule has 5 heteroatoms. The molecular weight excluding hydrogens is 250 g/mol. The van der Waals surface area contributed by atoms with Gasteiger partial charge in [-0.1, -0.05) is 0 Å². The second-order valence-electron chi connectivity index (χ2n) is 4.63. The summed E-state index contributed by atoms with van der Waals surface area (Å²) >= 11 is 1.95. The molecule has 0 amide bonds. The number of carbonyl (C=O) groups is 1. The summed E-state index contributed by atoms with van der Waals surface area (Å²) in [6, 6.07) is 0. The van der Waals surface area contributed by atoms with Crippen molar-refractivity contribution in [2.45, 2.75) is 43.4 Å². The van der Waals surface area contributed by atoms with Gasteiger partial charge in [-0.2, -0.15) is 11.8 Å². The van der Waals surface area contributed by atoms with Gasteiger partial charge < -0.3 is 14.8 Å². The van der Waals surface area contributed by atoms with Crippen LogP contribution < -0.4 is 5.32 Å². The fourth-order valence-electron chi connectivity index (χ4n) is 2.38. The van der Waals surface area contributed by atoms with Crippen LogP contribution in [-0.4, -0.2) is 49.9 Å². The normalized spacial score (nSPS) is 27.4. The Morgan fingerprint density at radius 2 is 2.33 bits per heavy atom. The molecule has 18 heavy (non-hydrogen) atoms. The van der Waals surface area contributed by atoms with Gasteiger partial charge in [-0.3, -0.25) is 4.79 Å². The highest BCUT2D eigenvalue weighted by molar-refractivity contribution is 7.99. The van der Waals surface area contributed by atoms with Crippen LogP contribution >= 0.6 is 11.8 Å². The van der Waals surface area contributed by atoms with E-state index in [9.17, 15) is 4.79 Å². The third-order valence-corrected chi connectivity index (χ3v) is 4.86. The Labute approximate surface area is 114 Å². The number of methoxy groups -OCH3 is 1. The Bertz CT molecular complexity index is 263. The predicted octanol–water partition coefficient (Wildman–Crippen LogP) is 1.83. The van der Waals surface area contributed by atoms with E-state index in [1.807, 2.05) is 25.7 Å². The van der Waals surface area contributed by atoms with Crippen LogP contribution in [0.3, 0.4) is 0 Å². The van der Waals surface area contributed by atoms with Crippen LogP contribution in [0.25, 0.3) is 0 Å². The van der Waals surface area contributed by atoms with Gasteiger partial charge in [0.1, 0.15) is 5.54 Å². The summed E-state index contributed by atoms with van der Waals surface area (Å²) in [6.07, 6.45) is 3.91. The van der Waals surface area contributed by atoms with E-state index in [4.69, 9.17) is 9.47 Å². The Morgan fingerprint density at radius 3 is 2.94 bits per heavy atom. The molecule has 0 bridgehead atoms. The van der Waals surface area contributed by atoms with Gasteiger partial charge in [-0.15, -0.1) is 0 Å². The van der Waals surface area contributed by atoms with Crippen LogP contribution in [0.5, 0.6) is 0 Å². The molecule has 1 saturated carbocycles. The van der Waals surface area contributed by atoms with E-state index in [-0.39, 0.29) is 5.97 Å². The number of thioether (sulfide) groups is 1. The summed E-state index contributed by atoms with van der Waals surface area (Å²) in [4.78, 5) is 12.0. The van der Waals surface area contributed by atoms with E-state index in [1.165, 1.54) is 0 Å². The molecule has 0 heterocycles. The lowest BCUT2D eigenvalue weighted by Gasteiger charge is -2.26. The van der Waals surface area contributed by atoms with Crippen LogP contribution in [0.1, 0.15) is 32.6 Å². The highest BCUT2D eigenvalue weighted by Gasteiger charge is 2.45. The lowest BCUT2D eigenvalue weighted by atomic mass is 9.98. The molecule has 1 aliphatic carbocycles. The van der Waals surface area contributed by atoms with Crippen LogP contribution in [-0.2, 0) is 14.3 Å². The summed E-state index contributed by atoms with van der Waals surface area (Å²) in [5, 5.41) is 3.74. The minimum absolute atomic E-state index is 0.0903. The first-order valence-electron chi connectivity index (χ1n) is 6.65. The van der Waals surface area contributed by atoms with E-state index in [1.54, 1.807) is 7.11 Å². The van der Waals surface area contributed by atoms with Crippen LogP contribution in [0.15, 0.2) is 0 Å². The van der Waals surface area contributed by atoms with Gasteiger partial charge in [0.15, 0.2) is 0 Å². The highest BCUT2D eigenvalue weighted by Crippen LogP contribution is 2.37. The molecule has 0 aromatic heterocycles. The summed E-state index contributed by atoms with van der Waals surface area (Å²) in [5.74, 6) is 1.01. The largest absolute Gasteiger partial charge is 0.465 e. The molecule has 0 saturated heterocycles. The number of rotatable bonds is 8. The van der Waals surface area contributed by atoms with Gasteiger partial charge in [0.25, 0.3) is 0 Å². The monoisotopic (exact) mass is 275 g/mol. The van der Waals surface area contributed by atoms with Gasteiger partial charge in [0, 0.05) is 19.0 Å². The van der Waals surface area contributed by atoms with Gasteiger partial charge >= 0.3 is 5.97 Å². The van der Waals surface area contributed by atoms with Crippen LogP contribution in [0, 0.1) is 0 Å². The number of hydrogen-bond donors (Lipinski definition) is 1. The van der Waals surface area contributed by atoms with Crippen molar-refractivity contribution in [3.05, 3.63) is 0 Å². The van der Waals surface area contributed by atoms with Crippen molar-refractivity contribution in [1.82, 2.24) is 5.32 Å². The summed E-state index contributed by atoms with van der Waals surface area (Å²) in [7, 11) is 3.59. The van der Waals surface area contributed by atoms with Crippen molar-refractivity contribution >= 4 is 17.7 Å². The number of likely N-dealkylation sites (N-methyl/N-ethyl adjacent to an activating group) is 1. The topological polar surface area (TPSA) is 47.6 Å². The van der Waals surface area contributed by atoms with Crippen molar-refractivity contribution in [3.8, 4) is 0 Å². The molecular formula is C13H25NO3S. The SMILES string of the molecule is CCOC(=O)C1(NC)CCC(SCCCOC)C1. The van der Waals surface area contributed by atoms with Crippen LogP contribution in [0.2, 0.25) is 0 Å². The summed E-state index contributed by atoms with van der Waals surface area (Å²) < 4.78 is 10.2. The average molecular weight is 275 g/mol. The van der Waals surface area contributed by atoms with Crippen molar-refractivity contribution in [2.24, 2.45) is 0 Å². The van der Waals surface area contributed by atoms with Crippen molar-refractivity contribution in [3.63, 3.8) is 0 Å². The molecule has 4 nitrogen and oxygen atoms in total. The van der Waals surface area contributed by atoms with Gasteiger partial charge in [0.05, 0.1) is 6.61 Å². The Kier molecular flexibility index (Phi) is 7.04. The van der Waals surface area contributed by atoms with Crippen molar-refractivity contribution in [2.75, 3.05) is 33.1 Å². The molecule has 106 valence electrons. The Balaban J connectivity index is 2.38. The first-order valence-corrected chi connectivity index (χ1v) is 7.70. The zero-order valence-electron chi connectivity index (χ0n) is 11.7. The molecule has 0 spiro atoms. The molecule has 2 atom stereocenters. The highest BCUT2D eigenvalue weighted by atomic mass is 32.2. The molecule has 0 aromatic carbocycles. The smallest absolute Gasteiger partial charge is 0.326 e. The molecule has 2 unspecified atom stereocenters. The molecule has 1 aliphatic rings. The van der Waals surface area contributed by atoms with Gasteiger partial charge in [0.2, 0.25) is 0 Å². The maximum Gasteiger partial charge on any atom is 0.326 e. The van der Waals surface area contributed by atoms with Gasteiger partial charge in [-0.25, -0.2) is 0 Å². The summed E-state index contributed by atoms with van der Waals surface area (Å²) in [6.45, 7) is 3.12. The fraction of sp³-hybridized carbons (Fsp3) is 0.923. The lowest BCUT2D eigenvalue weighted by molar-refractivity contribution is -0.150. The average Bonchev–Trinajstić information content (AvgIpc) is 2.80. The fourth-order valence-corrected chi connectivity index (χ4v) is 3.68. The van der Waals surface area contributed by atoms with Crippen LogP contribution in [0.4, 0.5) is 0 Å². The quantitative estimate of drug-likeness (QED) is 0.541. The summed E-state index contributed by atoms with van der Waals surface area (Å²) in [5.41, 5.74) is -0.449. The minimum atomic E-state index is -0.449. The lowest BCUT2D eigenvalue weighted by Crippen LogP contribution is -2.49. The van der Waals surface area contributed by atoms with E-state index < -0.39 is 5.54 Å². The molecule has 1 N–H and O–H groups in total. The minimum Gasteiger partial charge on any atom is -0.465 e. The van der Waals surface area contributed by atoms with Crippen molar-refractivity contribution in [1.29, 1.82) is 0 Å². The number of carbonyl (C=O) groups excluding carboxylic acids is 1. The standard InChI is InChI=1S/C13H25NO3S/c1-4-17-12(15)13(14-2)7-6-11(10-13)18-9-5-8-16-3/h11,14H,4-10H2,1-3H3. The number of nitrogens with one attached hydrogen (secondary N) is 1. The van der Waals surface area contributed by atoms with E-state index in [0.717, 1.165) is 38.0 Å². The van der Waals surface area contributed by atoms with E-state index in [0.29, 0.717) is 11.9 Å². The zero-order valence-corrected chi connectivity index (χ0v) is 12.5. The number of hydrogen-bond acceptors (Lipinski definition) is 5. The third kappa shape index (κ3) is 4.14. The molecule has 1 fully saturated rings. The maximum atomic E-state index is 12.0. The predicted molar refractivity (Wildman–Crippen MR) is 75.0 cm³/mol. The Morgan fingerprint density at radius 1 is 1.56 bits per heavy atom. The molecule has 0 aliphatic heterocycles. The number of esters is 1. The Hall–Kier alpha value is -0.260. The van der Waals surface area contributed by atoms with Gasteiger partial charge in [-0.05, 0) is 45.4 Å². The molecule has 1 rings (SSSR count). The maximum absolute atomic E-state index is 12.0. The van der Waals surface area contributed by atoms with Crippen molar-refractivity contribution < 1.29 is 14.3 Å². The number of ether oxygens (including phenoxy) is 2. The first-order chi connectivity index (χ1) is 8.68. The molecule has 0 radical (unpaired) electrons. The van der Waals surface area contributed by atoms with E-state index in [2.05, 4.69) is 5.32 Å².